The van der Waals surface area contributed by atoms with E-state index in [0.717, 1.165) is 68.5 Å². The third-order valence-corrected chi connectivity index (χ3v) is 11.0. The Balaban J connectivity index is 0.00000469. The van der Waals surface area contributed by atoms with Gasteiger partial charge in [-0.25, -0.2) is 0 Å². The van der Waals surface area contributed by atoms with Crippen LogP contribution in [0.2, 0.25) is 0 Å². The summed E-state index contributed by atoms with van der Waals surface area (Å²) in [5.41, 5.74) is 14.4. The average molecular weight is 932 g/mol. The fraction of sp³-hybridized carbons (Fsp3) is 0.118. The van der Waals surface area contributed by atoms with Crippen LogP contribution in [0.25, 0.3) is 22.6 Å². The summed E-state index contributed by atoms with van der Waals surface area (Å²) in [5.74, 6) is 1.95. The molecule has 1 aliphatic carbocycles. The molecule has 0 unspecified atom stereocenters. The number of hydrogen-bond acceptors (Lipinski definition) is 4. The van der Waals surface area contributed by atoms with Gasteiger partial charge in [0.25, 0.3) is 0 Å². The number of hydrazone groups is 1. The molecule has 0 amide bonds. The minimum absolute atomic E-state index is 0. The maximum atomic E-state index is 5.41. The van der Waals surface area contributed by atoms with Crippen molar-refractivity contribution < 1.29 is 21.1 Å². The molecule has 0 N–H and O–H groups in total. The van der Waals surface area contributed by atoms with Gasteiger partial charge in [0, 0.05) is 45.3 Å². The first-order chi connectivity index (χ1) is 27.9. The summed E-state index contributed by atoms with van der Waals surface area (Å²) in [6.07, 6.45) is 9.68. The van der Waals surface area contributed by atoms with E-state index in [2.05, 4.69) is 208 Å². The number of para-hydroxylation sites is 1. The van der Waals surface area contributed by atoms with E-state index in [9.17, 15) is 0 Å². The van der Waals surface area contributed by atoms with Crippen LogP contribution in [0.1, 0.15) is 40.3 Å². The van der Waals surface area contributed by atoms with Gasteiger partial charge in [0.2, 0.25) is 0 Å². The molecule has 288 valence electrons. The second-order valence-electron chi connectivity index (χ2n) is 15.0. The first kappa shape index (κ1) is 38.9. The molecule has 5 nitrogen and oxygen atoms in total. The summed E-state index contributed by atoms with van der Waals surface area (Å²) >= 11 is 0. The third-order valence-electron chi connectivity index (χ3n) is 11.0. The zero-order valence-electron chi connectivity index (χ0n) is 33.1. The van der Waals surface area contributed by atoms with Gasteiger partial charge in [-0.15, -0.1) is 42.6 Å². The molecule has 2 aliphatic rings. The molecule has 1 aliphatic heterocycles. The van der Waals surface area contributed by atoms with Crippen molar-refractivity contribution in [1.82, 2.24) is 9.55 Å². The van der Waals surface area contributed by atoms with E-state index in [1.54, 1.807) is 0 Å². The van der Waals surface area contributed by atoms with Crippen LogP contribution in [0.4, 0.5) is 11.4 Å². The van der Waals surface area contributed by atoms with Crippen molar-refractivity contribution in [2.75, 3.05) is 9.91 Å². The molecule has 6 aromatic carbocycles. The number of amidine groups is 1. The Morgan fingerprint density at radius 2 is 1.34 bits per heavy atom. The Kier molecular flexibility index (Phi) is 11.3. The van der Waals surface area contributed by atoms with Gasteiger partial charge >= 0.3 is 0 Å². The summed E-state index contributed by atoms with van der Waals surface area (Å²) in [6.45, 7) is 8.53. The summed E-state index contributed by atoms with van der Waals surface area (Å²) < 4.78 is 2.25. The van der Waals surface area contributed by atoms with E-state index in [1.807, 2.05) is 17.1 Å². The number of rotatable bonds is 9. The predicted octanol–water partition coefficient (Wildman–Crippen LogP) is 9.20. The summed E-state index contributed by atoms with van der Waals surface area (Å²) in [5, 5.41) is 7.12. The zero-order valence-corrected chi connectivity index (χ0v) is 35.4. The third kappa shape index (κ3) is 7.57. The fourth-order valence-electron chi connectivity index (χ4n) is 8.44. The maximum Gasteiger partial charge on any atom is 0.198 e. The van der Waals surface area contributed by atoms with E-state index in [-0.39, 0.29) is 33.7 Å². The summed E-state index contributed by atoms with van der Waals surface area (Å²) in [6, 6.07) is 56.6. The van der Waals surface area contributed by atoms with Crippen molar-refractivity contribution in [1.29, 1.82) is 0 Å². The number of aromatic nitrogens is 2. The molecule has 58 heavy (non-hydrogen) atoms. The molecule has 1 atom stereocenters. The van der Waals surface area contributed by atoms with E-state index < -0.39 is 0 Å². The van der Waals surface area contributed by atoms with Gasteiger partial charge in [0.05, 0.1) is 17.2 Å². The van der Waals surface area contributed by atoms with Crippen LogP contribution in [-0.2, 0) is 28.1 Å². The van der Waals surface area contributed by atoms with Gasteiger partial charge < -0.3 is 14.5 Å². The molecule has 0 saturated carbocycles. The molecule has 7 aromatic rings. The van der Waals surface area contributed by atoms with Crippen molar-refractivity contribution in [3.05, 3.63) is 211 Å². The van der Waals surface area contributed by atoms with Gasteiger partial charge in [0.15, 0.2) is 6.71 Å². The van der Waals surface area contributed by atoms with Gasteiger partial charge in [0.1, 0.15) is 5.84 Å². The van der Waals surface area contributed by atoms with Gasteiger partial charge in [-0.2, -0.15) is 34.2 Å². The number of hydrogen-bond donors (Lipinski definition) is 0. The Morgan fingerprint density at radius 3 is 2.02 bits per heavy atom. The number of nitrogens with zero attached hydrogens (tertiary/aromatic N) is 5. The number of benzene rings is 6. The molecule has 7 heteroatoms. The van der Waals surface area contributed by atoms with Crippen molar-refractivity contribution in [2.45, 2.75) is 33.1 Å². The van der Waals surface area contributed by atoms with E-state index in [4.69, 9.17) is 10.1 Å². The van der Waals surface area contributed by atoms with Crippen LogP contribution in [0.3, 0.4) is 0 Å². The van der Waals surface area contributed by atoms with Crippen molar-refractivity contribution in [3.63, 3.8) is 0 Å². The summed E-state index contributed by atoms with van der Waals surface area (Å²) in [4.78, 5) is 7.55. The van der Waals surface area contributed by atoms with Crippen LogP contribution in [0.5, 0.6) is 0 Å². The molecular weight excluding hydrogens is 888 g/mol. The Morgan fingerprint density at radius 1 is 0.707 bits per heavy atom. The SMILES string of the molecule is Cc1cc(C)c(B(c2[c-]c(-c3nc([C@@H]4C=CC=CC4)c(-c4ccccc4)n3C)ccc2)c2[c-]c(N3[CH-]N(c4ccccc4)C(c4ccccc4)=N3)ccc2)c(C)c1.[Pt]. The van der Waals surface area contributed by atoms with E-state index in [0.29, 0.717) is 0 Å². The van der Waals surface area contributed by atoms with Crippen molar-refractivity contribution in [2.24, 2.45) is 12.1 Å². The largest absolute Gasteiger partial charge is 0.456 e. The van der Waals surface area contributed by atoms with Crippen molar-refractivity contribution >= 4 is 40.3 Å². The molecular formula is C51H43BN5Pt-3. The van der Waals surface area contributed by atoms with Crippen LogP contribution >= 0.6 is 0 Å². The van der Waals surface area contributed by atoms with Crippen LogP contribution in [0, 0.1) is 39.6 Å². The number of aryl methyl sites for hydroxylation is 3. The first-order valence-corrected chi connectivity index (χ1v) is 19.6. The van der Waals surface area contributed by atoms with Gasteiger partial charge in [-0.3, -0.25) is 4.98 Å². The second kappa shape index (κ2) is 16.9. The van der Waals surface area contributed by atoms with Gasteiger partial charge in [-0.1, -0.05) is 143 Å². The van der Waals surface area contributed by atoms with Crippen molar-refractivity contribution in [3.8, 4) is 22.6 Å². The van der Waals surface area contributed by atoms with E-state index in [1.165, 1.54) is 22.2 Å². The zero-order chi connectivity index (χ0) is 38.9. The standard InChI is InChI=1S/C51H43BN5.Pt/c1-36-31-37(2)47(38(3)32-36)52(44-27-18-30-46(34-44)57-35-56(45-28-15-8-16-29-45)51(54-57)41-23-13-7-14-24-41)43-26-17-25-42(33-43)50-53-48(39-19-9-5-10-20-39)49(55(50)4)40-21-11-6-12-22-40;/h5-19,21-32,35,39H,20H2,1-4H3;/q-3;/t39-;/m1./s1. The molecule has 0 bridgehead atoms. The summed E-state index contributed by atoms with van der Waals surface area (Å²) in [7, 11) is 2.13. The normalized spacial score (nSPS) is 14.7. The van der Waals surface area contributed by atoms with Crippen LogP contribution in [-0.4, -0.2) is 22.1 Å². The van der Waals surface area contributed by atoms with E-state index >= 15 is 0 Å². The topological polar surface area (TPSA) is 36.7 Å². The van der Waals surface area contributed by atoms with Gasteiger partial charge in [-0.05, 0) is 44.9 Å². The Bertz CT molecular complexity index is 2630. The Hall–Kier alpha value is -5.97. The minimum Gasteiger partial charge on any atom is -0.456 e. The molecule has 1 aromatic heterocycles. The van der Waals surface area contributed by atoms with Crippen LogP contribution < -0.4 is 26.3 Å². The quantitative estimate of drug-likeness (QED) is 0.107. The maximum absolute atomic E-state index is 5.41. The second-order valence-corrected chi connectivity index (χ2v) is 15.0. The predicted molar refractivity (Wildman–Crippen MR) is 238 cm³/mol. The molecule has 0 fully saturated rings. The molecule has 0 spiro atoms. The molecule has 9 rings (SSSR count). The average Bonchev–Trinajstić information content (AvgIpc) is 3.86. The molecule has 2 heterocycles. The molecule has 0 saturated heterocycles. The molecule has 0 radical (unpaired) electrons. The smallest absolute Gasteiger partial charge is 0.198 e. The minimum atomic E-state index is -0.143. The number of allylic oxidation sites excluding steroid dienone is 4. The number of imidazole rings is 1. The van der Waals surface area contributed by atoms with Crippen LogP contribution in [0.15, 0.2) is 169 Å². The first-order valence-electron chi connectivity index (χ1n) is 19.6. The fourth-order valence-corrected chi connectivity index (χ4v) is 8.44. The number of anilines is 2. The monoisotopic (exact) mass is 931 g/mol. The Labute approximate surface area is 357 Å².